The standard InChI is InChI=1S/C28H27Cl2N3O4/c1-16(2)27-21(26(31-37-27)25-22(29)5-4-6-23(25)30)15-36-20-7-8-24-18(13-20)10-12-33(24)28(35)32-11-9-19(14-32)17(3)34/h4-8,10,12-13,16,19H,9,11,14-15H2,1-3H3/t19-/m1/s1. The number of amides is 1. The van der Waals surface area contributed by atoms with Crippen LogP contribution in [0.25, 0.3) is 22.2 Å². The van der Waals surface area contributed by atoms with E-state index in [2.05, 4.69) is 5.16 Å². The topological polar surface area (TPSA) is 77.6 Å². The van der Waals surface area contributed by atoms with Crippen LogP contribution in [0.3, 0.4) is 0 Å². The maximum Gasteiger partial charge on any atom is 0.328 e. The molecule has 0 saturated carbocycles. The molecule has 5 rings (SSSR count). The van der Waals surface area contributed by atoms with Crippen molar-refractivity contribution in [2.24, 2.45) is 5.92 Å². The Balaban J connectivity index is 1.38. The Morgan fingerprint density at radius 3 is 2.59 bits per heavy atom. The van der Waals surface area contributed by atoms with E-state index >= 15 is 0 Å². The Hall–Kier alpha value is -3.29. The monoisotopic (exact) mass is 539 g/mol. The molecule has 0 radical (unpaired) electrons. The van der Waals surface area contributed by atoms with E-state index in [0.717, 1.165) is 16.5 Å². The zero-order valence-corrected chi connectivity index (χ0v) is 22.3. The molecule has 4 aromatic rings. The van der Waals surface area contributed by atoms with Gasteiger partial charge in [0.25, 0.3) is 0 Å². The zero-order chi connectivity index (χ0) is 26.3. The largest absolute Gasteiger partial charge is 0.489 e. The van der Waals surface area contributed by atoms with E-state index in [9.17, 15) is 9.59 Å². The molecule has 9 heteroatoms. The number of ether oxygens (including phenoxy) is 1. The van der Waals surface area contributed by atoms with E-state index in [0.29, 0.717) is 52.3 Å². The fourth-order valence-corrected chi connectivity index (χ4v) is 5.36. The molecule has 0 aliphatic carbocycles. The number of carbonyl (C=O) groups excluding carboxylic acids is 2. The van der Waals surface area contributed by atoms with Gasteiger partial charge in [-0.2, -0.15) is 0 Å². The highest BCUT2D eigenvalue weighted by Gasteiger charge is 2.30. The zero-order valence-electron chi connectivity index (χ0n) is 20.8. The summed E-state index contributed by atoms with van der Waals surface area (Å²) in [5, 5.41) is 6.12. The highest BCUT2D eigenvalue weighted by Crippen LogP contribution is 2.39. The number of benzene rings is 2. The summed E-state index contributed by atoms with van der Waals surface area (Å²) in [6, 6.07) is 12.7. The third-order valence-electron chi connectivity index (χ3n) is 6.83. The van der Waals surface area contributed by atoms with E-state index in [4.69, 9.17) is 32.5 Å². The molecule has 2 aromatic heterocycles. The molecule has 0 bridgehead atoms. The van der Waals surface area contributed by atoms with E-state index < -0.39 is 0 Å². The Bertz CT molecular complexity index is 1470. The lowest BCUT2D eigenvalue weighted by molar-refractivity contribution is -0.120. The molecule has 0 unspecified atom stereocenters. The average Bonchev–Trinajstić information content (AvgIpc) is 3.60. The van der Waals surface area contributed by atoms with Crippen molar-refractivity contribution < 1.29 is 18.8 Å². The van der Waals surface area contributed by atoms with Crippen LogP contribution in [0.1, 0.15) is 44.4 Å². The first kappa shape index (κ1) is 25.4. The SMILES string of the molecule is CC(=O)[C@@H]1CCN(C(=O)n2ccc3cc(OCc4c(-c5c(Cl)cccc5Cl)noc4C(C)C)ccc32)C1. The van der Waals surface area contributed by atoms with E-state index in [1.807, 2.05) is 38.1 Å². The molecule has 7 nitrogen and oxygen atoms in total. The second-order valence-electron chi connectivity index (χ2n) is 9.65. The van der Waals surface area contributed by atoms with Gasteiger partial charge in [0, 0.05) is 42.1 Å². The van der Waals surface area contributed by atoms with Gasteiger partial charge in [0.05, 0.1) is 21.1 Å². The van der Waals surface area contributed by atoms with Gasteiger partial charge < -0.3 is 14.2 Å². The summed E-state index contributed by atoms with van der Waals surface area (Å²) in [5.41, 5.74) is 2.73. The summed E-state index contributed by atoms with van der Waals surface area (Å²) < 4.78 is 13.5. The normalized spacial score (nSPS) is 15.6. The van der Waals surface area contributed by atoms with Crippen LogP contribution in [0.4, 0.5) is 4.79 Å². The van der Waals surface area contributed by atoms with E-state index in [1.54, 1.807) is 40.8 Å². The van der Waals surface area contributed by atoms with Crippen molar-refractivity contribution in [3.8, 4) is 17.0 Å². The van der Waals surface area contributed by atoms with Crippen molar-refractivity contribution in [1.82, 2.24) is 14.6 Å². The Morgan fingerprint density at radius 2 is 1.92 bits per heavy atom. The number of hydrogen-bond acceptors (Lipinski definition) is 5. The van der Waals surface area contributed by atoms with Crippen LogP contribution in [-0.2, 0) is 11.4 Å². The second-order valence-corrected chi connectivity index (χ2v) is 10.5. The molecule has 37 heavy (non-hydrogen) atoms. The molecule has 1 atom stereocenters. The number of nitrogens with zero attached hydrogens (tertiary/aromatic N) is 3. The second kappa shape index (κ2) is 10.2. The number of aromatic nitrogens is 2. The summed E-state index contributed by atoms with van der Waals surface area (Å²) in [7, 11) is 0. The van der Waals surface area contributed by atoms with Gasteiger partial charge in [-0.05, 0) is 49.7 Å². The van der Waals surface area contributed by atoms with Crippen LogP contribution in [0.2, 0.25) is 10.0 Å². The van der Waals surface area contributed by atoms with Crippen molar-refractivity contribution in [2.75, 3.05) is 13.1 Å². The summed E-state index contributed by atoms with van der Waals surface area (Å²) in [5.74, 6) is 1.48. The van der Waals surface area contributed by atoms with Crippen molar-refractivity contribution in [1.29, 1.82) is 0 Å². The van der Waals surface area contributed by atoms with Crippen LogP contribution in [0.5, 0.6) is 5.75 Å². The molecule has 1 aliphatic rings. The number of fused-ring (bicyclic) bond motifs is 1. The predicted molar refractivity (Wildman–Crippen MR) is 143 cm³/mol. The van der Waals surface area contributed by atoms with E-state index in [1.165, 1.54) is 0 Å². The molecule has 3 heterocycles. The first-order chi connectivity index (χ1) is 17.7. The van der Waals surface area contributed by atoms with E-state index in [-0.39, 0.29) is 30.3 Å². The smallest absolute Gasteiger partial charge is 0.328 e. The lowest BCUT2D eigenvalue weighted by Gasteiger charge is -2.17. The number of carbonyl (C=O) groups is 2. The average molecular weight is 540 g/mol. The molecule has 1 saturated heterocycles. The van der Waals surface area contributed by atoms with Crippen LogP contribution in [0.15, 0.2) is 53.2 Å². The van der Waals surface area contributed by atoms with Gasteiger partial charge in [0.15, 0.2) is 0 Å². The number of hydrogen-bond donors (Lipinski definition) is 0. The van der Waals surface area contributed by atoms with Gasteiger partial charge in [0.2, 0.25) is 0 Å². The summed E-state index contributed by atoms with van der Waals surface area (Å²) in [6.07, 6.45) is 2.47. The molecule has 192 valence electrons. The van der Waals surface area contributed by atoms with Crippen molar-refractivity contribution in [3.05, 3.63) is 70.0 Å². The number of ketones is 1. The Morgan fingerprint density at radius 1 is 1.16 bits per heavy atom. The molecule has 1 fully saturated rings. The third-order valence-corrected chi connectivity index (χ3v) is 7.46. The van der Waals surface area contributed by atoms with Gasteiger partial charge in [-0.1, -0.05) is 48.3 Å². The van der Waals surface area contributed by atoms with Crippen molar-refractivity contribution >= 4 is 45.9 Å². The molecular weight excluding hydrogens is 513 g/mol. The molecule has 1 amide bonds. The maximum absolute atomic E-state index is 13.1. The van der Waals surface area contributed by atoms with Gasteiger partial charge in [-0.25, -0.2) is 4.79 Å². The quantitative estimate of drug-likeness (QED) is 0.259. The van der Waals surface area contributed by atoms with Crippen LogP contribution in [-0.4, -0.2) is 39.5 Å². The third kappa shape index (κ3) is 4.86. The Labute approximate surface area is 224 Å². The maximum atomic E-state index is 13.1. The molecular formula is C28H27Cl2N3O4. The summed E-state index contributed by atoms with van der Waals surface area (Å²) in [4.78, 5) is 26.5. The summed E-state index contributed by atoms with van der Waals surface area (Å²) >= 11 is 12.9. The fraction of sp³-hybridized carbons (Fsp3) is 0.321. The predicted octanol–water partition coefficient (Wildman–Crippen LogP) is 7.18. The van der Waals surface area contributed by atoms with Gasteiger partial charge in [0.1, 0.15) is 29.6 Å². The highest BCUT2D eigenvalue weighted by atomic mass is 35.5. The van der Waals surface area contributed by atoms with Crippen LogP contribution < -0.4 is 4.74 Å². The first-order valence-electron chi connectivity index (χ1n) is 12.2. The highest BCUT2D eigenvalue weighted by molar-refractivity contribution is 6.39. The van der Waals surface area contributed by atoms with Crippen LogP contribution in [0, 0.1) is 5.92 Å². The lowest BCUT2D eigenvalue weighted by Crippen LogP contribution is -2.33. The number of likely N-dealkylation sites (tertiary alicyclic amines) is 1. The minimum absolute atomic E-state index is 0.0792. The lowest BCUT2D eigenvalue weighted by atomic mass is 10.0. The van der Waals surface area contributed by atoms with Crippen LogP contribution >= 0.6 is 23.2 Å². The Kier molecular flexibility index (Phi) is 7.01. The van der Waals surface area contributed by atoms with Crippen molar-refractivity contribution in [2.45, 2.75) is 39.7 Å². The number of halogens is 2. The first-order valence-corrected chi connectivity index (χ1v) is 13.0. The minimum Gasteiger partial charge on any atom is -0.489 e. The van der Waals surface area contributed by atoms with Gasteiger partial charge in [-0.3, -0.25) is 9.36 Å². The number of rotatable bonds is 6. The summed E-state index contributed by atoms with van der Waals surface area (Å²) in [6.45, 7) is 6.88. The fourth-order valence-electron chi connectivity index (χ4n) is 4.79. The molecule has 2 aromatic carbocycles. The molecule has 0 N–H and O–H groups in total. The van der Waals surface area contributed by atoms with Gasteiger partial charge in [-0.15, -0.1) is 0 Å². The number of Topliss-reactive ketones (excluding diaryl/α,β-unsaturated/α-hetero) is 1. The van der Waals surface area contributed by atoms with Gasteiger partial charge >= 0.3 is 6.03 Å². The minimum atomic E-state index is -0.125. The molecule has 0 spiro atoms. The van der Waals surface area contributed by atoms with Crippen molar-refractivity contribution in [3.63, 3.8) is 0 Å². The molecule has 1 aliphatic heterocycles.